The van der Waals surface area contributed by atoms with Gasteiger partial charge in [-0.3, -0.25) is 4.68 Å². The zero-order valence-corrected chi connectivity index (χ0v) is 17.9. The van der Waals surface area contributed by atoms with Crippen LogP contribution in [0, 0.1) is 5.41 Å². The van der Waals surface area contributed by atoms with Crippen molar-refractivity contribution >= 4 is 21.8 Å². The Bertz CT molecular complexity index is 961. The van der Waals surface area contributed by atoms with Gasteiger partial charge in [-0.15, -0.1) is 0 Å². The first kappa shape index (κ1) is 18.5. The molecule has 0 spiro atoms. The Hall–Kier alpha value is -1.82. The fourth-order valence-corrected chi connectivity index (χ4v) is 4.78. The number of rotatable bonds is 4. The van der Waals surface area contributed by atoms with E-state index in [2.05, 4.69) is 55.6 Å². The van der Waals surface area contributed by atoms with Crippen molar-refractivity contribution < 1.29 is 0 Å². The molecule has 0 saturated heterocycles. The van der Waals surface area contributed by atoms with Gasteiger partial charge in [0.05, 0.1) is 18.1 Å². The molecule has 5 nitrogen and oxygen atoms in total. The SMILES string of the molecule is CC(C)(Cc1cnc2sc(C(C)(C)C)nc2n1)Cc1cnn2c1CCCC2. The molecule has 3 aromatic heterocycles. The molecular formula is C21H29N5S. The molecule has 0 saturated carbocycles. The van der Waals surface area contributed by atoms with Crippen LogP contribution in [0.25, 0.3) is 10.5 Å². The monoisotopic (exact) mass is 383 g/mol. The molecule has 0 fully saturated rings. The van der Waals surface area contributed by atoms with Gasteiger partial charge in [-0.05, 0) is 43.1 Å². The largest absolute Gasteiger partial charge is 0.269 e. The maximum absolute atomic E-state index is 4.83. The average Bonchev–Trinajstić information content (AvgIpc) is 3.18. The quantitative estimate of drug-likeness (QED) is 0.654. The molecule has 0 aliphatic carbocycles. The minimum Gasteiger partial charge on any atom is -0.269 e. The summed E-state index contributed by atoms with van der Waals surface area (Å²) >= 11 is 1.65. The van der Waals surface area contributed by atoms with Gasteiger partial charge in [-0.25, -0.2) is 15.0 Å². The summed E-state index contributed by atoms with van der Waals surface area (Å²) in [6.45, 7) is 12.2. The van der Waals surface area contributed by atoms with Crippen LogP contribution in [0.4, 0.5) is 0 Å². The van der Waals surface area contributed by atoms with Crippen molar-refractivity contribution in [3.63, 3.8) is 0 Å². The number of aryl methyl sites for hydroxylation is 1. The first-order valence-electron chi connectivity index (χ1n) is 9.88. The van der Waals surface area contributed by atoms with Crippen LogP contribution in [0.1, 0.15) is 69.4 Å². The first-order chi connectivity index (χ1) is 12.7. The van der Waals surface area contributed by atoms with Crippen molar-refractivity contribution in [2.75, 3.05) is 0 Å². The van der Waals surface area contributed by atoms with Gasteiger partial charge in [0.15, 0.2) is 10.5 Å². The molecule has 1 aliphatic heterocycles. The van der Waals surface area contributed by atoms with Crippen LogP contribution < -0.4 is 0 Å². The van der Waals surface area contributed by atoms with Crippen LogP contribution in [0.3, 0.4) is 0 Å². The number of thiazole rings is 1. The van der Waals surface area contributed by atoms with Crippen LogP contribution in [0.15, 0.2) is 12.4 Å². The summed E-state index contributed by atoms with van der Waals surface area (Å²) in [5.41, 5.74) is 4.80. The number of fused-ring (bicyclic) bond motifs is 2. The van der Waals surface area contributed by atoms with Gasteiger partial charge in [-0.1, -0.05) is 46.0 Å². The molecule has 0 aromatic carbocycles. The second-order valence-electron chi connectivity index (χ2n) is 9.57. The molecular weight excluding hydrogens is 354 g/mol. The summed E-state index contributed by atoms with van der Waals surface area (Å²) in [5.74, 6) is 0. The number of hydrogen-bond donors (Lipinski definition) is 0. The van der Waals surface area contributed by atoms with E-state index >= 15 is 0 Å². The highest BCUT2D eigenvalue weighted by molar-refractivity contribution is 7.18. The van der Waals surface area contributed by atoms with Crippen molar-refractivity contribution in [3.8, 4) is 0 Å². The van der Waals surface area contributed by atoms with Gasteiger partial charge in [0.25, 0.3) is 0 Å². The molecule has 4 heterocycles. The van der Waals surface area contributed by atoms with Crippen LogP contribution in [0.5, 0.6) is 0 Å². The average molecular weight is 384 g/mol. The lowest BCUT2D eigenvalue weighted by molar-refractivity contribution is 0.354. The van der Waals surface area contributed by atoms with Crippen LogP contribution >= 0.6 is 11.3 Å². The summed E-state index contributed by atoms with van der Waals surface area (Å²) in [6, 6.07) is 0. The lowest BCUT2D eigenvalue weighted by Gasteiger charge is -2.25. The molecule has 0 bridgehead atoms. The Labute approximate surface area is 165 Å². The van der Waals surface area contributed by atoms with E-state index in [0.29, 0.717) is 0 Å². The Morgan fingerprint density at radius 2 is 1.85 bits per heavy atom. The lowest BCUT2D eigenvalue weighted by Crippen LogP contribution is -2.21. The topological polar surface area (TPSA) is 56.5 Å². The molecule has 0 N–H and O–H groups in total. The van der Waals surface area contributed by atoms with E-state index in [1.807, 2.05) is 6.20 Å². The molecule has 27 heavy (non-hydrogen) atoms. The van der Waals surface area contributed by atoms with Crippen molar-refractivity contribution in [2.45, 2.75) is 78.7 Å². The van der Waals surface area contributed by atoms with Crippen LogP contribution in [0.2, 0.25) is 0 Å². The summed E-state index contributed by atoms with van der Waals surface area (Å²) in [7, 11) is 0. The molecule has 0 unspecified atom stereocenters. The highest BCUT2D eigenvalue weighted by Gasteiger charge is 2.25. The third-order valence-corrected chi connectivity index (χ3v) is 6.59. The minimum absolute atomic E-state index is 0.0357. The predicted molar refractivity (Wildman–Crippen MR) is 110 cm³/mol. The third-order valence-electron chi connectivity index (χ3n) is 5.21. The van der Waals surface area contributed by atoms with E-state index < -0.39 is 0 Å². The molecule has 0 amide bonds. The predicted octanol–water partition coefficient (Wildman–Crippen LogP) is 4.73. The third kappa shape index (κ3) is 3.91. The van der Waals surface area contributed by atoms with Gasteiger partial charge in [0, 0.05) is 17.7 Å². The Morgan fingerprint density at radius 1 is 1.04 bits per heavy atom. The molecule has 6 heteroatoms. The van der Waals surface area contributed by atoms with E-state index in [4.69, 9.17) is 9.97 Å². The fraction of sp³-hybridized carbons (Fsp3) is 0.619. The summed E-state index contributed by atoms with van der Waals surface area (Å²) < 4.78 is 2.20. The molecule has 144 valence electrons. The highest BCUT2D eigenvalue weighted by atomic mass is 32.1. The van der Waals surface area contributed by atoms with E-state index in [1.165, 1.54) is 24.1 Å². The Kier molecular flexibility index (Phi) is 4.57. The van der Waals surface area contributed by atoms with Gasteiger partial charge in [0.1, 0.15) is 5.01 Å². The standard InChI is InChI=1S/C21H29N5S/c1-20(2,3)19-25-17-18(27-19)22-13-15(24-17)11-21(4,5)10-14-12-23-26-9-7-6-8-16(14)26/h12-13H,6-11H2,1-5H3. The zero-order chi connectivity index (χ0) is 19.2. The first-order valence-corrected chi connectivity index (χ1v) is 10.7. The van der Waals surface area contributed by atoms with Crippen molar-refractivity contribution in [1.82, 2.24) is 24.7 Å². The van der Waals surface area contributed by atoms with Crippen LogP contribution in [-0.2, 0) is 31.2 Å². The maximum Gasteiger partial charge on any atom is 0.190 e. The molecule has 0 atom stereocenters. The summed E-state index contributed by atoms with van der Waals surface area (Å²) in [4.78, 5) is 15.1. The molecule has 3 aromatic rings. The van der Waals surface area contributed by atoms with Crippen molar-refractivity contribution in [1.29, 1.82) is 0 Å². The normalized spacial score (nSPS) is 15.3. The van der Waals surface area contributed by atoms with E-state index in [1.54, 1.807) is 11.3 Å². The highest BCUT2D eigenvalue weighted by Crippen LogP contribution is 2.32. The smallest absolute Gasteiger partial charge is 0.190 e. The van der Waals surface area contributed by atoms with Gasteiger partial charge in [0.2, 0.25) is 0 Å². The van der Waals surface area contributed by atoms with Gasteiger partial charge in [-0.2, -0.15) is 5.10 Å². The van der Waals surface area contributed by atoms with Gasteiger partial charge >= 0.3 is 0 Å². The number of aromatic nitrogens is 5. The van der Waals surface area contributed by atoms with E-state index in [9.17, 15) is 0 Å². The molecule has 4 rings (SSSR count). The van der Waals surface area contributed by atoms with Crippen molar-refractivity contribution in [2.24, 2.45) is 5.41 Å². The fourth-order valence-electron chi connectivity index (χ4n) is 3.87. The number of nitrogens with zero attached hydrogens (tertiary/aromatic N) is 5. The second kappa shape index (κ2) is 6.66. The molecule has 0 radical (unpaired) electrons. The Morgan fingerprint density at radius 3 is 2.63 bits per heavy atom. The summed E-state index contributed by atoms with van der Waals surface area (Å²) in [5, 5.41) is 5.69. The zero-order valence-electron chi connectivity index (χ0n) is 17.0. The maximum atomic E-state index is 4.83. The van der Waals surface area contributed by atoms with E-state index in [0.717, 1.165) is 47.0 Å². The molecule has 1 aliphatic rings. The second-order valence-corrected chi connectivity index (χ2v) is 10.6. The van der Waals surface area contributed by atoms with Crippen molar-refractivity contribution in [3.05, 3.63) is 34.4 Å². The summed E-state index contributed by atoms with van der Waals surface area (Å²) in [6.07, 6.45) is 9.61. The number of hydrogen-bond acceptors (Lipinski definition) is 5. The van der Waals surface area contributed by atoms with Crippen LogP contribution in [-0.4, -0.2) is 24.7 Å². The minimum atomic E-state index is 0.0357. The van der Waals surface area contributed by atoms with E-state index in [-0.39, 0.29) is 10.8 Å². The van der Waals surface area contributed by atoms with Gasteiger partial charge < -0.3 is 0 Å². The Balaban J connectivity index is 1.54. The lowest BCUT2D eigenvalue weighted by atomic mass is 9.81.